The maximum absolute atomic E-state index is 13.5. The van der Waals surface area contributed by atoms with Crippen molar-refractivity contribution in [2.24, 2.45) is 0 Å². The summed E-state index contributed by atoms with van der Waals surface area (Å²) in [6.07, 6.45) is 0. The van der Waals surface area contributed by atoms with Crippen molar-refractivity contribution in [1.82, 2.24) is 0 Å². The van der Waals surface area contributed by atoms with Crippen molar-refractivity contribution in [3.8, 4) is 11.5 Å². The van der Waals surface area contributed by atoms with E-state index in [1.165, 1.54) is 11.8 Å². The van der Waals surface area contributed by atoms with Gasteiger partial charge in [0.2, 0.25) is 5.91 Å². The van der Waals surface area contributed by atoms with Gasteiger partial charge in [-0.1, -0.05) is 0 Å². The van der Waals surface area contributed by atoms with Crippen molar-refractivity contribution >= 4 is 23.4 Å². The van der Waals surface area contributed by atoms with E-state index in [-0.39, 0.29) is 11.6 Å². The molecule has 0 saturated carbocycles. The number of benzene rings is 2. The Kier molecular flexibility index (Phi) is 7.06. The molecule has 25 heavy (non-hydrogen) atoms. The summed E-state index contributed by atoms with van der Waals surface area (Å²) in [4.78, 5) is 12.0. The average molecular weight is 367 g/mol. The Bertz CT molecular complexity index is 710. The molecule has 2 rings (SSSR count). The van der Waals surface area contributed by atoms with Crippen LogP contribution >= 0.6 is 11.8 Å². The van der Waals surface area contributed by atoms with Gasteiger partial charge in [0.05, 0.1) is 24.7 Å². The van der Waals surface area contributed by atoms with Gasteiger partial charge in [-0.3, -0.25) is 4.79 Å². The molecule has 0 bridgehead atoms. The van der Waals surface area contributed by atoms with Crippen LogP contribution in [0.15, 0.2) is 42.5 Å². The molecule has 0 saturated heterocycles. The van der Waals surface area contributed by atoms with Crippen molar-refractivity contribution in [3.05, 3.63) is 54.1 Å². The lowest BCUT2D eigenvalue weighted by Crippen LogP contribution is -2.24. The Balaban J connectivity index is 1.74. The lowest BCUT2D eigenvalue weighted by molar-refractivity contribution is -0.115. The van der Waals surface area contributed by atoms with E-state index < -0.39 is 16.9 Å². The quantitative estimate of drug-likeness (QED) is 0.713. The highest BCUT2D eigenvalue weighted by Gasteiger charge is 2.15. The third-order valence-corrected chi connectivity index (χ3v) is 4.45. The smallest absolute Gasteiger partial charge is 0.237 e. The highest BCUT2D eigenvalue weighted by atomic mass is 32.2. The van der Waals surface area contributed by atoms with E-state index in [9.17, 15) is 13.6 Å². The van der Waals surface area contributed by atoms with E-state index in [1.54, 1.807) is 38.3 Å². The van der Waals surface area contributed by atoms with Gasteiger partial charge >= 0.3 is 0 Å². The van der Waals surface area contributed by atoms with Crippen LogP contribution in [-0.2, 0) is 4.79 Å². The molecular weight excluding hydrogens is 348 g/mol. The molecule has 0 aromatic heterocycles. The Morgan fingerprint density at radius 1 is 1.16 bits per heavy atom. The van der Waals surface area contributed by atoms with Crippen LogP contribution in [0.25, 0.3) is 0 Å². The summed E-state index contributed by atoms with van der Waals surface area (Å²) in [6.45, 7) is 2.12. The van der Waals surface area contributed by atoms with E-state index in [0.717, 1.165) is 23.9 Å². The van der Waals surface area contributed by atoms with E-state index >= 15 is 0 Å². The topological polar surface area (TPSA) is 47.6 Å². The molecule has 0 fully saturated rings. The summed E-state index contributed by atoms with van der Waals surface area (Å²) in [6, 6.07) is 10.1. The molecule has 0 aliphatic heterocycles. The van der Waals surface area contributed by atoms with Crippen molar-refractivity contribution in [1.29, 1.82) is 0 Å². The number of nitrogens with one attached hydrogen (secondary N) is 1. The summed E-state index contributed by atoms with van der Waals surface area (Å²) in [5, 5.41) is 1.96. The van der Waals surface area contributed by atoms with E-state index in [2.05, 4.69) is 5.32 Å². The van der Waals surface area contributed by atoms with Crippen LogP contribution in [-0.4, -0.2) is 30.6 Å². The first-order valence-corrected chi connectivity index (χ1v) is 8.69. The minimum atomic E-state index is -0.671. The van der Waals surface area contributed by atoms with Crippen molar-refractivity contribution in [2.45, 2.75) is 12.2 Å². The monoisotopic (exact) mass is 367 g/mol. The van der Waals surface area contributed by atoms with Crippen LogP contribution in [0.1, 0.15) is 6.92 Å². The number of rotatable bonds is 8. The standard InChI is InChI=1S/C18H19F2NO3S/c1-12(18(22)21-17-11-13(19)3-8-16(17)20)25-10-9-24-15-6-4-14(23-2)5-7-15/h3-8,11-12H,9-10H2,1-2H3,(H,21,22). The predicted octanol–water partition coefficient (Wildman–Crippen LogP) is 4.11. The predicted molar refractivity (Wildman–Crippen MR) is 95.4 cm³/mol. The van der Waals surface area contributed by atoms with Gasteiger partial charge in [0.25, 0.3) is 0 Å². The number of hydrogen-bond acceptors (Lipinski definition) is 4. The third-order valence-electron chi connectivity index (χ3n) is 3.33. The van der Waals surface area contributed by atoms with E-state index in [1.807, 2.05) is 0 Å². The molecule has 1 atom stereocenters. The Hall–Kier alpha value is -2.28. The van der Waals surface area contributed by atoms with Crippen LogP contribution in [0.4, 0.5) is 14.5 Å². The molecule has 0 spiro atoms. The largest absolute Gasteiger partial charge is 0.497 e. The lowest BCUT2D eigenvalue weighted by Gasteiger charge is -2.13. The molecule has 0 radical (unpaired) electrons. The second-order valence-electron chi connectivity index (χ2n) is 5.15. The van der Waals surface area contributed by atoms with Gasteiger partial charge in [-0.05, 0) is 43.3 Å². The van der Waals surface area contributed by atoms with Gasteiger partial charge in [0.15, 0.2) is 0 Å². The van der Waals surface area contributed by atoms with E-state index in [4.69, 9.17) is 9.47 Å². The molecule has 0 aliphatic rings. The van der Waals surface area contributed by atoms with Crippen molar-refractivity contribution < 1.29 is 23.0 Å². The second-order valence-corrected chi connectivity index (χ2v) is 6.60. The highest BCUT2D eigenvalue weighted by Crippen LogP contribution is 2.20. The van der Waals surface area contributed by atoms with E-state index in [0.29, 0.717) is 18.1 Å². The molecule has 2 aromatic rings. The number of thioether (sulfide) groups is 1. The number of anilines is 1. The molecule has 2 aromatic carbocycles. The Labute approximate surface area is 149 Å². The van der Waals surface area contributed by atoms with Crippen LogP contribution < -0.4 is 14.8 Å². The van der Waals surface area contributed by atoms with Crippen molar-refractivity contribution in [3.63, 3.8) is 0 Å². The summed E-state index contributed by atoms with van der Waals surface area (Å²) in [7, 11) is 1.59. The summed E-state index contributed by atoms with van der Waals surface area (Å²) >= 11 is 1.36. The van der Waals surface area contributed by atoms with Gasteiger partial charge in [0.1, 0.15) is 23.1 Å². The number of halogens is 2. The number of carbonyl (C=O) groups excluding carboxylic acids is 1. The zero-order valence-corrected chi connectivity index (χ0v) is 14.7. The van der Waals surface area contributed by atoms with Crippen LogP contribution in [0.3, 0.4) is 0 Å². The number of amides is 1. The minimum absolute atomic E-state index is 0.160. The zero-order valence-electron chi connectivity index (χ0n) is 13.9. The van der Waals surface area contributed by atoms with Gasteiger partial charge in [0, 0.05) is 11.8 Å². The molecule has 1 unspecified atom stereocenters. The molecule has 0 heterocycles. The average Bonchev–Trinajstić information content (AvgIpc) is 2.62. The van der Waals surface area contributed by atoms with Crippen LogP contribution in [0, 0.1) is 11.6 Å². The summed E-state index contributed by atoms with van der Waals surface area (Å²) < 4.78 is 37.3. The number of carbonyl (C=O) groups is 1. The molecule has 0 aliphatic carbocycles. The van der Waals surface area contributed by atoms with Crippen LogP contribution in [0.5, 0.6) is 11.5 Å². The van der Waals surface area contributed by atoms with Gasteiger partial charge < -0.3 is 14.8 Å². The molecule has 4 nitrogen and oxygen atoms in total. The Morgan fingerprint density at radius 3 is 2.52 bits per heavy atom. The fraction of sp³-hybridized carbons (Fsp3) is 0.278. The normalized spacial score (nSPS) is 11.7. The number of methoxy groups -OCH3 is 1. The van der Waals surface area contributed by atoms with Gasteiger partial charge in [-0.25, -0.2) is 8.78 Å². The first kappa shape index (κ1) is 19.1. The molecule has 1 amide bonds. The highest BCUT2D eigenvalue weighted by molar-refractivity contribution is 8.00. The molecule has 7 heteroatoms. The number of hydrogen-bond donors (Lipinski definition) is 1. The van der Waals surface area contributed by atoms with Crippen LogP contribution in [0.2, 0.25) is 0 Å². The second kappa shape index (κ2) is 9.27. The maximum atomic E-state index is 13.5. The molecular formula is C18H19F2NO3S. The molecule has 134 valence electrons. The first-order valence-electron chi connectivity index (χ1n) is 7.64. The Morgan fingerprint density at radius 2 is 1.84 bits per heavy atom. The lowest BCUT2D eigenvalue weighted by atomic mass is 10.3. The summed E-state index contributed by atoms with van der Waals surface area (Å²) in [5.41, 5.74) is -0.160. The minimum Gasteiger partial charge on any atom is -0.497 e. The van der Waals surface area contributed by atoms with Gasteiger partial charge in [-0.2, -0.15) is 0 Å². The fourth-order valence-electron chi connectivity index (χ4n) is 1.96. The maximum Gasteiger partial charge on any atom is 0.237 e. The zero-order chi connectivity index (χ0) is 18.2. The summed E-state index contributed by atoms with van der Waals surface area (Å²) in [5.74, 6) is 0.363. The van der Waals surface area contributed by atoms with Crippen molar-refractivity contribution in [2.75, 3.05) is 24.8 Å². The fourth-order valence-corrected chi connectivity index (χ4v) is 2.70. The number of ether oxygens (including phenoxy) is 2. The third kappa shape index (κ3) is 5.94. The van der Waals surface area contributed by atoms with Gasteiger partial charge in [-0.15, -0.1) is 11.8 Å². The first-order chi connectivity index (χ1) is 12.0. The molecule has 1 N–H and O–H groups in total. The SMILES string of the molecule is COc1ccc(OCCSC(C)C(=O)Nc2cc(F)ccc2F)cc1.